The minimum Gasteiger partial charge on any atom is -0.435 e. The first kappa shape index (κ1) is 40.1. The maximum atomic E-state index is 13.8. The number of ether oxygens (including phenoxy) is 3. The molecule has 4 saturated heterocycles. The van der Waals surface area contributed by atoms with Gasteiger partial charge in [0.15, 0.2) is 11.9 Å². The van der Waals surface area contributed by atoms with E-state index in [4.69, 9.17) is 35.6 Å². The van der Waals surface area contributed by atoms with Crippen molar-refractivity contribution >= 4 is 45.8 Å². The van der Waals surface area contributed by atoms with E-state index in [1.165, 1.54) is 12.1 Å². The number of carbonyl (C=O) groups excluding carboxylic acids is 2. The van der Waals surface area contributed by atoms with Gasteiger partial charge in [-0.3, -0.25) is 24.7 Å². The van der Waals surface area contributed by atoms with Crippen molar-refractivity contribution in [2.45, 2.75) is 96.1 Å². The third-order valence-electron chi connectivity index (χ3n) is 12.4. The molecule has 17 heteroatoms. The molecule has 5 fully saturated rings. The predicted octanol–water partition coefficient (Wildman–Crippen LogP) is 6.78. The van der Waals surface area contributed by atoms with Gasteiger partial charge in [0.1, 0.15) is 0 Å². The van der Waals surface area contributed by atoms with E-state index in [9.17, 15) is 19.7 Å². The Hall–Kier alpha value is -4.74. The number of fused-ring (bicyclic) bond motifs is 3. The second-order valence-corrected chi connectivity index (χ2v) is 16.6. The quantitative estimate of drug-likeness (QED) is 0.0609. The van der Waals surface area contributed by atoms with Gasteiger partial charge in [0, 0.05) is 78.7 Å². The first-order valence-corrected chi connectivity index (χ1v) is 20.4. The Bertz CT molecular complexity index is 2160. The summed E-state index contributed by atoms with van der Waals surface area (Å²) in [6.07, 6.45) is 6.29. The highest BCUT2D eigenvalue weighted by molar-refractivity contribution is 6.31. The van der Waals surface area contributed by atoms with Crippen LogP contribution in [0.1, 0.15) is 71.4 Å². The molecular formula is C41H48ClN7O9. The molecule has 1 aliphatic carbocycles. The van der Waals surface area contributed by atoms with Crippen molar-refractivity contribution in [3.63, 3.8) is 0 Å². The number of rotatable bonds is 14. The van der Waals surface area contributed by atoms with Crippen LogP contribution in [0, 0.1) is 33.8 Å². The lowest BCUT2D eigenvalue weighted by molar-refractivity contribution is -0.576. The van der Waals surface area contributed by atoms with Crippen molar-refractivity contribution in [1.82, 2.24) is 24.9 Å². The van der Waals surface area contributed by atoms with Gasteiger partial charge < -0.3 is 24.4 Å². The van der Waals surface area contributed by atoms with Crippen LogP contribution in [0.25, 0.3) is 16.6 Å². The van der Waals surface area contributed by atoms with E-state index in [0.29, 0.717) is 61.2 Å². The minimum atomic E-state index is -0.945. The minimum absolute atomic E-state index is 0.00255. The van der Waals surface area contributed by atoms with E-state index in [1.54, 1.807) is 40.2 Å². The van der Waals surface area contributed by atoms with Crippen LogP contribution in [0.15, 0.2) is 60.9 Å². The predicted molar refractivity (Wildman–Crippen MR) is 210 cm³/mol. The molecule has 1 saturated carbocycles. The molecule has 6 heterocycles. The molecule has 9 rings (SSSR count). The zero-order chi connectivity index (χ0) is 40.6. The summed E-state index contributed by atoms with van der Waals surface area (Å²) < 4.78 is 20.4. The lowest BCUT2D eigenvalue weighted by Gasteiger charge is -2.59. The second-order valence-electron chi connectivity index (χ2n) is 16.1. The van der Waals surface area contributed by atoms with Gasteiger partial charge in [-0.2, -0.15) is 0 Å². The standard InChI is InChI=1S/C41H48ClN7O9/c1-25-6-13-33-26(2)38(55-39-41(33)32(25)16-18-40(3,56-39)57-58-41)54-37(51)15-14-36(50)47(22-20-44-34-17-19-43-35-23-27(42)7-12-31(34)35)21-4-5-28-24-48(46-45-28)29-8-10-30(11-9-29)49(52)53/h7-12,17,19,23-26,32-33,38-39H,4-6,13-16,18,20-22H2,1-3H3,(H,43,44)/t25-,26-,32+,33+,38-,39-,40?,41-/m1/s1. The maximum absolute atomic E-state index is 13.8. The zero-order valence-electron chi connectivity index (χ0n) is 32.8. The number of hydrogen-bond donors (Lipinski definition) is 1. The van der Waals surface area contributed by atoms with Gasteiger partial charge in [-0.15, -0.1) is 5.10 Å². The Labute approximate surface area is 340 Å². The van der Waals surface area contributed by atoms with E-state index in [2.05, 4.69) is 27.5 Å². The summed E-state index contributed by atoms with van der Waals surface area (Å²) in [4.78, 5) is 56.1. The van der Waals surface area contributed by atoms with Crippen molar-refractivity contribution in [2.24, 2.45) is 23.7 Å². The number of non-ortho nitro benzene ring substituents is 1. The number of esters is 1. The van der Waals surface area contributed by atoms with Crippen LogP contribution in [0.4, 0.5) is 11.4 Å². The van der Waals surface area contributed by atoms with Gasteiger partial charge in [-0.05, 0) is 87.3 Å². The average molecular weight is 818 g/mol. The van der Waals surface area contributed by atoms with Gasteiger partial charge in [0.2, 0.25) is 18.0 Å². The number of nitro benzene ring substituents is 1. The molecule has 308 valence electrons. The maximum Gasteiger partial charge on any atom is 0.308 e. The molecule has 8 atom stereocenters. The molecule has 5 aliphatic rings. The highest BCUT2D eigenvalue weighted by Gasteiger charge is 2.69. The van der Waals surface area contributed by atoms with Crippen LogP contribution < -0.4 is 5.32 Å². The molecule has 1 amide bonds. The molecule has 4 aliphatic heterocycles. The van der Waals surface area contributed by atoms with Crippen molar-refractivity contribution in [3.05, 3.63) is 81.8 Å². The molecule has 58 heavy (non-hydrogen) atoms. The molecule has 1 N–H and O–H groups in total. The molecule has 4 aromatic rings. The number of amides is 1. The Kier molecular flexibility index (Phi) is 11.4. The number of carbonyl (C=O) groups is 2. The molecular weight excluding hydrogens is 770 g/mol. The van der Waals surface area contributed by atoms with E-state index >= 15 is 0 Å². The number of pyridine rings is 1. The summed E-state index contributed by atoms with van der Waals surface area (Å²) in [7, 11) is 0. The van der Waals surface area contributed by atoms with E-state index in [0.717, 1.165) is 35.9 Å². The van der Waals surface area contributed by atoms with E-state index in [1.807, 2.05) is 32.0 Å². The van der Waals surface area contributed by atoms with Gasteiger partial charge in [0.25, 0.3) is 5.69 Å². The van der Waals surface area contributed by atoms with Crippen LogP contribution in [-0.4, -0.2) is 85.3 Å². The van der Waals surface area contributed by atoms with Crippen LogP contribution >= 0.6 is 11.6 Å². The molecule has 16 nitrogen and oxygen atoms in total. The smallest absolute Gasteiger partial charge is 0.308 e. The number of aromatic nitrogens is 4. The zero-order valence-corrected chi connectivity index (χ0v) is 33.5. The number of anilines is 1. The summed E-state index contributed by atoms with van der Waals surface area (Å²) in [6.45, 7) is 7.33. The van der Waals surface area contributed by atoms with Gasteiger partial charge in [-0.1, -0.05) is 30.7 Å². The fourth-order valence-corrected chi connectivity index (χ4v) is 9.41. The number of halogens is 1. The van der Waals surface area contributed by atoms with Crippen molar-refractivity contribution in [2.75, 3.05) is 25.0 Å². The average Bonchev–Trinajstić information content (AvgIpc) is 3.57. The Balaban J connectivity index is 0.901. The lowest BCUT2D eigenvalue weighted by atomic mass is 9.58. The molecule has 0 radical (unpaired) electrons. The number of nitrogens with one attached hydrogen (secondary N) is 1. The van der Waals surface area contributed by atoms with Crippen LogP contribution in [0.2, 0.25) is 5.02 Å². The van der Waals surface area contributed by atoms with Crippen LogP contribution in [0.5, 0.6) is 0 Å². The third kappa shape index (κ3) is 8.00. The number of nitrogens with zero attached hydrogens (tertiary/aromatic N) is 6. The van der Waals surface area contributed by atoms with Crippen molar-refractivity contribution < 1.29 is 38.5 Å². The molecule has 1 spiro atoms. The SMILES string of the molecule is C[C@H]1[C@H](OC(=O)CCC(=O)N(CCCc2cn(-c3ccc([N+](=O)[O-])cc3)nn2)CCNc2ccnc3cc(Cl)ccc23)O[C@@H]2OC3(C)CC[C@H]4[C@H](C)CC[C@@H]1[C@@]24OO3. The monoisotopic (exact) mass is 817 g/mol. The summed E-state index contributed by atoms with van der Waals surface area (Å²) in [6, 6.07) is 13.4. The third-order valence-corrected chi connectivity index (χ3v) is 12.6. The molecule has 1 unspecified atom stereocenters. The Morgan fingerprint density at radius 3 is 2.71 bits per heavy atom. The van der Waals surface area contributed by atoms with Gasteiger partial charge >= 0.3 is 5.97 Å². The highest BCUT2D eigenvalue weighted by atomic mass is 35.5. The highest BCUT2D eigenvalue weighted by Crippen LogP contribution is 2.60. The first-order chi connectivity index (χ1) is 27.9. The number of nitro groups is 1. The topological polar surface area (TPSA) is 182 Å². The van der Waals surface area contributed by atoms with E-state index < -0.39 is 34.9 Å². The number of hydrogen-bond acceptors (Lipinski definition) is 13. The molecule has 2 aromatic heterocycles. The number of aryl methyl sites for hydroxylation is 1. The molecule has 2 aromatic carbocycles. The summed E-state index contributed by atoms with van der Waals surface area (Å²) in [5, 5.41) is 24.4. The van der Waals surface area contributed by atoms with Crippen molar-refractivity contribution in [3.8, 4) is 5.69 Å². The lowest BCUT2D eigenvalue weighted by Crippen LogP contribution is -2.70. The second kappa shape index (κ2) is 16.5. The van der Waals surface area contributed by atoms with E-state index in [-0.39, 0.29) is 42.2 Å². The van der Waals surface area contributed by atoms with Crippen LogP contribution in [0.3, 0.4) is 0 Å². The van der Waals surface area contributed by atoms with Gasteiger partial charge in [0.05, 0.1) is 34.4 Å². The summed E-state index contributed by atoms with van der Waals surface area (Å²) >= 11 is 6.19. The Morgan fingerprint density at radius 1 is 1.07 bits per heavy atom. The first-order valence-electron chi connectivity index (χ1n) is 20.0. The summed E-state index contributed by atoms with van der Waals surface area (Å²) in [5.74, 6) is -1.24. The fourth-order valence-electron chi connectivity index (χ4n) is 9.24. The van der Waals surface area contributed by atoms with Crippen molar-refractivity contribution in [1.29, 1.82) is 0 Å². The summed E-state index contributed by atoms with van der Waals surface area (Å²) in [5.41, 5.74) is 2.17. The van der Waals surface area contributed by atoms with Gasteiger partial charge in [-0.25, -0.2) is 14.5 Å². The normalized spacial score (nSPS) is 28.7. The van der Waals surface area contributed by atoms with Crippen LogP contribution in [-0.2, 0) is 40.0 Å². The fraction of sp³-hybridized carbons (Fsp3) is 0.537. The molecule has 2 bridgehead atoms. The number of benzene rings is 2. The largest absolute Gasteiger partial charge is 0.435 e. The Morgan fingerprint density at radius 2 is 1.90 bits per heavy atom.